The maximum atomic E-state index is 11.8. The number of carbonyl (C=O) groups excluding carboxylic acids is 2. The van der Waals surface area contributed by atoms with Gasteiger partial charge in [0, 0.05) is 5.56 Å². The van der Waals surface area contributed by atoms with Crippen molar-refractivity contribution in [1.82, 2.24) is 10.9 Å². The first-order valence-electron chi connectivity index (χ1n) is 6.39. The summed E-state index contributed by atoms with van der Waals surface area (Å²) in [5.41, 5.74) is 5.44. The predicted octanol–water partition coefficient (Wildman–Crippen LogP) is 1.79. The molecule has 2 aromatic carbocycles. The summed E-state index contributed by atoms with van der Waals surface area (Å²) in [6, 6.07) is 12.0. The van der Waals surface area contributed by atoms with Crippen LogP contribution in [0.5, 0.6) is 5.75 Å². The summed E-state index contributed by atoms with van der Waals surface area (Å²) in [6.07, 6.45) is 0.00458. The fourth-order valence-electron chi connectivity index (χ4n) is 1.80. The Labute approximate surface area is 125 Å². The highest BCUT2D eigenvalue weighted by Crippen LogP contribution is 2.13. The Kier molecular flexibility index (Phi) is 4.81. The van der Waals surface area contributed by atoms with Crippen molar-refractivity contribution in [2.45, 2.75) is 6.42 Å². The second kappa shape index (κ2) is 6.98. The van der Waals surface area contributed by atoms with Crippen molar-refractivity contribution in [2.24, 2.45) is 5.18 Å². The molecular weight excluding hydrogens is 286 g/mol. The molecule has 3 N–H and O–H groups in total. The Morgan fingerprint density at radius 3 is 2.55 bits per heavy atom. The van der Waals surface area contributed by atoms with Crippen LogP contribution in [0.4, 0.5) is 5.69 Å². The van der Waals surface area contributed by atoms with Crippen molar-refractivity contribution in [3.05, 3.63) is 64.6 Å². The smallest absolute Gasteiger partial charge is 0.269 e. The van der Waals surface area contributed by atoms with Crippen molar-refractivity contribution in [2.75, 3.05) is 0 Å². The number of nitroso groups, excluding NO2 is 1. The van der Waals surface area contributed by atoms with Gasteiger partial charge in [0.25, 0.3) is 5.91 Å². The Bertz CT molecular complexity index is 715. The van der Waals surface area contributed by atoms with Crippen LogP contribution in [0.15, 0.2) is 53.7 Å². The highest BCUT2D eigenvalue weighted by atomic mass is 16.3. The number of nitrogens with one attached hydrogen (secondary N) is 2. The number of phenols is 1. The van der Waals surface area contributed by atoms with Crippen LogP contribution in [-0.4, -0.2) is 16.9 Å². The number of hydrazine groups is 1. The summed E-state index contributed by atoms with van der Waals surface area (Å²) in [5, 5.41) is 12.0. The van der Waals surface area contributed by atoms with Crippen LogP contribution in [0.25, 0.3) is 0 Å². The van der Waals surface area contributed by atoms with E-state index in [4.69, 9.17) is 0 Å². The maximum Gasteiger partial charge on any atom is 0.269 e. The molecule has 0 aliphatic carbocycles. The van der Waals surface area contributed by atoms with Gasteiger partial charge in [0.1, 0.15) is 11.4 Å². The van der Waals surface area contributed by atoms with E-state index in [1.807, 2.05) is 0 Å². The van der Waals surface area contributed by atoms with E-state index in [2.05, 4.69) is 16.0 Å². The minimum atomic E-state index is -0.560. The Morgan fingerprint density at radius 1 is 1.05 bits per heavy atom. The SMILES string of the molecule is O=Nc1cccc(C(=O)NNC(=O)Cc2cccc(O)c2)c1. The largest absolute Gasteiger partial charge is 0.508 e. The Morgan fingerprint density at radius 2 is 1.82 bits per heavy atom. The minimum absolute atomic E-state index is 0.00458. The second-order valence-electron chi connectivity index (χ2n) is 4.49. The molecule has 0 unspecified atom stereocenters. The third-order valence-electron chi connectivity index (χ3n) is 2.80. The first-order valence-corrected chi connectivity index (χ1v) is 6.39. The van der Waals surface area contributed by atoms with Crippen molar-refractivity contribution >= 4 is 17.5 Å². The molecule has 2 rings (SSSR count). The van der Waals surface area contributed by atoms with Crippen molar-refractivity contribution in [3.63, 3.8) is 0 Å². The van der Waals surface area contributed by atoms with E-state index >= 15 is 0 Å². The van der Waals surface area contributed by atoms with Gasteiger partial charge in [-0.1, -0.05) is 18.2 Å². The van der Waals surface area contributed by atoms with E-state index in [-0.39, 0.29) is 23.4 Å². The van der Waals surface area contributed by atoms with Gasteiger partial charge in [-0.15, -0.1) is 4.91 Å². The zero-order valence-electron chi connectivity index (χ0n) is 11.4. The molecule has 0 aliphatic heterocycles. The van der Waals surface area contributed by atoms with Gasteiger partial charge in [-0.3, -0.25) is 20.4 Å². The van der Waals surface area contributed by atoms with E-state index < -0.39 is 11.8 Å². The van der Waals surface area contributed by atoms with Gasteiger partial charge in [-0.05, 0) is 41.1 Å². The van der Waals surface area contributed by atoms with Crippen LogP contribution < -0.4 is 10.9 Å². The van der Waals surface area contributed by atoms with Gasteiger partial charge in [0.15, 0.2) is 0 Å². The average Bonchev–Trinajstić information content (AvgIpc) is 2.52. The molecule has 2 aromatic rings. The van der Waals surface area contributed by atoms with Gasteiger partial charge < -0.3 is 5.11 Å². The summed E-state index contributed by atoms with van der Waals surface area (Å²) in [6.45, 7) is 0. The molecule has 0 aromatic heterocycles. The predicted molar refractivity (Wildman–Crippen MR) is 79.3 cm³/mol. The molecule has 7 heteroatoms. The van der Waals surface area contributed by atoms with Gasteiger partial charge in [0.05, 0.1) is 6.42 Å². The second-order valence-corrected chi connectivity index (χ2v) is 4.49. The van der Waals surface area contributed by atoms with Gasteiger partial charge >= 0.3 is 0 Å². The number of benzene rings is 2. The molecule has 0 heterocycles. The first kappa shape index (κ1) is 15.2. The van der Waals surface area contributed by atoms with Crippen molar-refractivity contribution in [1.29, 1.82) is 0 Å². The standard InChI is InChI=1S/C15H13N3O4/c19-13-6-1-3-10(7-13)8-14(20)16-17-15(21)11-4-2-5-12(9-11)18-22/h1-7,9,19H,8H2,(H,16,20)(H,17,21). The van der Waals surface area contributed by atoms with Gasteiger partial charge in [0.2, 0.25) is 5.91 Å². The van der Waals surface area contributed by atoms with Gasteiger partial charge in [-0.25, -0.2) is 0 Å². The highest BCUT2D eigenvalue weighted by Gasteiger charge is 2.09. The number of phenolic OH excluding ortho intramolecular Hbond substituents is 1. The molecule has 0 aliphatic rings. The summed E-state index contributed by atoms with van der Waals surface area (Å²) in [7, 11) is 0. The van der Waals surface area contributed by atoms with E-state index in [9.17, 15) is 19.6 Å². The normalized spacial score (nSPS) is 9.82. The number of hydrogen-bond acceptors (Lipinski definition) is 5. The number of amides is 2. The van der Waals surface area contributed by atoms with Crippen LogP contribution in [0, 0.1) is 4.91 Å². The molecule has 0 fully saturated rings. The lowest BCUT2D eigenvalue weighted by molar-refractivity contribution is -0.121. The third-order valence-corrected chi connectivity index (χ3v) is 2.80. The molecule has 0 spiro atoms. The number of carbonyl (C=O) groups is 2. The zero-order valence-corrected chi connectivity index (χ0v) is 11.4. The van der Waals surface area contributed by atoms with E-state index in [0.29, 0.717) is 5.56 Å². The molecular formula is C15H13N3O4. The van der Waals surface area contributed by atoms with Crippen LogP contribution in [0.1, 0.15) is 15.9 Å². The first-order chi connectivity index (χ1) is 10.6. The molecule has 22 heavy (non-hydrogen) atoms. The molecule has 0 bridgehead atoms. The molecule has 112 valence electrons. The van der Waals surface area contributed by atoms with Crippen molar-refractivity contribution < 1.29 is 14.7 Å². The molecule has 7 nitrogen and oxygen atoms in total. The van der Waals surface area contributed by atoms with E-state index in [1.54, 1.807) is 12.1 Å². The molecule has 2 amide bonds. The van der Waals surface area contributed by atoms with Crippen LogP contribution >= 0.6 is 0 Å². The minimum Gasteiger partial charge on any atom is -0.508 e. The molecule has 0 radical (unpaired) electrons. The van der Waals surface area contributed by atoms with E-state index in [0.717, 1.165) is 0 Å². The fourth-order valence-corrected chi connectivity index (χ4v) is 1.80. The monoisotopic (exact) mass is 299 g/mol. The number of hydrogen-bond donors (Lipinski definition) is 3. The maximum absolute atomic E-state index is 11.8. The van der Waals surface area contributed by atoms with Crippen LogP contribution in [-0.2, 0) is 11.2 Å². The summed E-state index contributed by atoms with van der Waals surface area (Å²) >= 11 is 0. The summed E-state index contributed by atoms with van der Waals surface area (Å²) in [5.74, 6) is -0.939. The third kappa shape index (κ3) is 4.14. The molecule has 0 atom stereocenters. The Hall–Kier alpha value is -3.22. The Balaban J connectivity index is 1.90. The fraction of sp³-hybridized carbons (Fsp3) is 0.0667. The average molecular weight is 299 g/mol. The number of rotatable bonds is 4. The summed E-state index contributed by atoms with van der Waals surface area (Å²) < 4.78 is 0. The lowest BCUT2D eigenvalue weighted by atomic mass is 10.1. The van der Waals surface area contributed by atoms with Crippen LogP contribution in [0.2, 0.25) is 0 Å². The lowest BCUT2D eigenvalue weighted by Gasteiger charge is -2.07. The van der Waals surface area contributed by atoms with Crippen molar-refractivity contribution in [3.8, 4) is 5.75 Å². The summed E-state index contributed by atoms with van der Waals surface area (Å²) in [4.78, 5) is 33.9. The lowest BCUT2D eigenvalue weighted by Crippen LogP contribution is -2.42. The van der Waals surface area contributed by atoms with Gasteiger partial charge in [-0.2, -0.15) is 0 Å². The quantitative estimate of drug-likeness (QED) is 0.591. The number of aromatic hydroxyl groups is 1. The molecule has 0 saturated carbocycles. The van der Waals surface area contributed by atoms with Crippen LogP contribution in [0.3, 0.4) is 0 Å². The topological polar surface area (TPSA) is 108 Å². The zero-order chi connectivity index (χ0) is 15.9. The number of nitrogens with zero attached hydrogens (tertiary/aromatic N) is 1. The highest BCUT2D eigenvalue weighted by molar-refractivity contribution is 5.96. The molecule has 0 saturated heterocycles. The van der Waals surface area contributed by atoms with E-state index in [1.165, 1.54) is 36.4 Å².